The molecule has 1 aromatic rings. The summed E-state index contributed by atoms with van der Waals surface area (Å²) in [5.74, 6) is -1.97. The molecule has 0 radical (unpaired) electrons. The summed E-state index contributed by atoms with van der Waals surface area (Å²) in [4.78, 5) is 11.5. The summed E-state index contributed by atoms with van der Waals surface area (Å²) in [6.07, 6.45) is -0.727. The second-order valence-electron chi connectivity index (χ2n) is 3.40. The minimum absolute atomic E-state index is 0.0500. The van der Waals surface area contributed by atoms with E-state index in [0.29, 0.717) is 6.07 Å². The molecule has 1 aliphatic heterocycles. The van der Waals surface area contributed by atoms with Crippen molar-refractivity contribution in [2.75, 3.05) is 24.3 Å². The number of ether oxygens (including phenoxy) is 1. The van der Waals surface area contributed by atoms with Crippen LogP contribution in [0.15, 0.2) is 12.1 Å². The average Bonchev–Trinajstić information content (AvgIpc) is 2.38. The third-order valence-electron chi connectivity index (χ3n) is 2.36. The normalized spacial score (nSPS) is 19.4. The molecule has 4 nitrogen and oxygen atoms in total. The number of halogens is 2. The van der Waals surface area contributed by atoms with Gasteiger partial charge in [-0.05, 0) is 6.07 Å². The van der Waals surface area contributed by atoms with Crippen LogP contribution >= 0.6 is 0 Å². The molecule has 1 heterocycles. The first kappa shape index (κ1) is 10.8. The Labute approximate surface area is 90.6 Å². The van der Waals surface area contributed by atoms with Crippen LogP contribution in [0.2, 0.25) is 0 Å². The van der Waals surface area contributed by atoms with E-state index in [9.17, 15) is 13.6 Å². The van der Waals surface area contributed by atoms with Crippen LogP contribution in [0.1, 0.15) is 0 Å². The molecule has 0 aromatic heterocycles. The van der Waals surface area contributed by atoms with Crippen LogP contribution in [0.4, 0.5) is 20.2 Å². The maximum absolute atomic E-state index is 13.4. The monoisotopic (exact) mass is 228 g/mol. The molecule has 0 spiro atoms. The van der Waals surface area contributed by atoms with Crippen LogP contribution < -0.4 is 10.6 Å². The Hall–Kier alpha value is -1.69. The van der Waals surface area contributed by atoms with E-state index in [1.807, 2.05) is 0 Å². The summed E-state index contributed by atoms with van der Waals surface area (Å²) < 4.78 is 31.2. The van der Waals surface area contributed by atoms with E-state index in [2.05, 4.69) is 10.6 Å². The van der Waals surface area contributed by atoms with E-state index >= 15 is 0 Å². The molecular weight excluding hydrogens is 218 g/mol. The van der Waals surface area contributed by atoms with Crippen molar-refractivity contribution in [2.24, 2.45) is 0 Å². The Balaban J connectivity index is 2.40. The Morgan fingerprint density at radius 1 is 1.44 bits per heavy atom. The molecule has 0 saturated carbocycles. The number of rotatable bonds is 1. The molecule has 86 valence electrons. The van der Waals surface area contributed by atoms with E-state index in [4.69, 9.17) is 4.74 Å². The summed E-state index contributed by atoms with van der Waals surface area (Å²) in [5, 5.41) is 5.10. The van der Waals surface area contributed by atoms with Crippen LogP contribution in [-0.4, -0.2) is 25.7 Å². The van der Waals surface area contributed by atoms with Crippen molar-refractivity contribution in [1.82, 2.24) is 0 Å². The smallest absolute Gasteiger partial charge is 0.255 e. The lowest BCUT2D eigenvalue weighted by Crippen LogP contribution is -2.32. The summed E-state index contributed by atoms with van der Waals surface area (Å²) in [5.41, 5.74) is 0.163. The zero-order chi connectivity index (χ0) is 11.7. The van der Waals surface area contributed by atoms with Crippen molar-refractivity contribution >= 4 is 17.3 Å². The molecule has 1 aliphatic rings. The van der Waals surface area contributed by atoms with E-state index in [0.717, 1.165) is 6.07 Å². The fourth-order valence-corrected chi connectivity index (χ4v) is 1.53. The lowest BCUT2D eigenvalue weighted by Gasteiger charge is -2.10. The van der Waals surface area contributed by atoms with E-state index < -0.39 is 23.6 Å². The van der Waals surface area contributed by atoms with Gasteiger partial charge in [0.25, 0.3) is 5.91 Å². The minimum atomic E-state index is -0.812. The number of nitrogens with one attached hydrogen (secondary N) is 2. The third-order valence-corrected chi connectivity index (χ3v) is 2.36. The average molecular weight is 228 g/mol. The highest BCUT2D eigenvalue weighted by Gasteiger charge is 2.25. The number of methoxy groups -OCH3 is 1. The molecule has 2 rings (SSSR count). The van der Waals surface area contributed by atoms with Gasteiger partial charge in [0.15, 0.2) is 11.9 Å². The summed E-state index contributed by atoms with van der Waals surface area (Å²) >= 11 is 0. The highest BCUT2D eigenvalue weighted by Crippen LogP contribution is 2.28. The van der Waals surface area contributed by atoms with Gasteiger partial charge in [-0.1, -0.05) is 0 Å². The summed E-state index contributed by atoms with van der Waals surface area (Å²) in [6.45, 7) is 0.165. The largest absolute Gasteiger partial charge is 0.380 e. The molecule has 0 aliphatic carbocycles. The maximum atomic E-state index is 13.4. The van der Waals surface area contributed by atoms with Gasteiger partial charge in [-0.2, -0.15) is 0 Å². The number of amides is 1. The van der Waals surface area contributed by atoms with Crippen molar-refractivity contribution in [1.29, 1.82) is 0 Å². The predicted molar refractivity (Wildman–Crippen MR) is 54.3 cm³/mol. The quantitative estimate of drug-likeness (QED) is 0.762. The number of fused-ring (bicyclic) bond motifs is 1. The molecule has 2 N–H and O–H groups in total. The molecular formula is C10H10F2N2O2. The zero-order valence-electron chi connectivity index (χ0n) is 8.51. The number of anilines is 2. The highest BCUT2D eigenvalue weighted by atomic mass is 19.1. The SMILES string of the molecule is COC1CNc2cc(F)cc(F)c2NC1=O. The van der Waals surface area contributed by atoms with Gasteiger partial charge in [0.1, 0.15) is 11.5 Å². The van der Waals surface area contributed by atoms with Crippen molar-refractivity contribution < 1.29 is 18.3 Å². The first-order chi connectivity index (χ1) is 7.61. The first-order valence-corrected chi connectivity index (χ1v) is 4.68. The topological polar surface area (TPSA) is 50.4 Å². The fourth-order valence-electron chi connectivity index (χ4n) is 1.53. The highest BCUT2D eigenvalue weighted by molar-refractivity contribution is 5.99. The molecule has 1 aromatic carbocycles. The molecule has 0 fully saturated rings. The molecule has 1 unspecified atom stereocenters. The fraction of sp³-hybridized carbons (Fsp3) is 0.300. The predicted octanol–water partition coefficient (Wildman–Crippen LogP) is 1.34. The van der Waals surface area contributed by atoms with Crippen LogP contribution in [0.3, 0.4) is 0 Å². The van der Waals surface area contributed by atoms with Crippen molar-refractivity contribution in [3.63, 3.8) is 0 Å². The van der Waals surface area contributed by atoms with Crippen LogP contribution in [0.5, 0.6) is 0 Å². The summed E-state index contributed by atoms with van der Waals surface area (Å²) in [6, 6.07) is 1.84. The Morgan fingerprint density at radius 2 is 2.19 bits per heavy atom. The van der Waals surface area contributed by atoms with Crippen molar-refractivity contribution in [3.05, 3.63) is 23.8 Å². The third kappa shape index (κ3) is 1.83. The molecule has 6 heteroatoms. The van der Waals surface area contributed by atoms with Gasteiger partial charge in [0, 0.05) is 13.2 Å². The standard InChI is InChI=1S/C10H10F2N2O2/c1-16-8-4-13-7-3-5(11)2-6(12)9(7)14-10(8)15/h2-3,8,13H,4H2,1H3,(H,14,15). The first-order valence-electron chi connectivity index (χ1n) is 4.68. The molecule has 0 saturated heterocycles. The van der Waals surface area contributed by atoms with Gasteiger partial charge in [-0.3, -0.25) is 4.79 Å². The minimum Gasteiger partial charge on any atom is -0.380 e. The lowest BCUT2D eigenvalue weighted by molar-refractivity contribution is -0.124. The Kier molecular flexibility index (Phi) is 2.74. The second-order valence-corrected chi connectivity index (χ2v) is 3.40. The second kappa shape index (κ2) is 4.05. The van der Waals surface area contributed by atoms with Crippen molar-refractivity contribution in [3.8, 4) is 0 Å². The van der Waals surface area contributed by atoms with Crippen LogP contribution in [0, 0.1) is 11.6 Å². The maximum Gasteiger partial charge on any atom is 0.255 e. The lowest BCUT2D eigenvalue weighted by atomic mass is 10.2. The van der Waals surface area contributed by atoms with Gasteiger partial charge in [0.2, 0.25) is 0 Å². The van der Waals surface area contributed by atoms with Gasteiger partial charge in [-0.15, -0.1) is 0 Å². The number of carbonyl (C=O) groups is 1. The van der Waals surface area contributed by atoms with Gasteiger partial charge < -0.3 is 15.4 Å². The molecule has 16 heavy (non-hydrogen) atoms. The Morgan fingerprint density at radius 3 is 2.88 bits per heavy atom. The van der Waals surface area contributed by atoms with Gasteiger partial charge >= 0.3 is 0 Å². The van der Waals surface area contributed by atoms with E-state index in [1.54, 1.807) is 0 Å². The van der Waals surface area contributed by atoms with E-state index in [-0.39, 0.29) is 17.9 Å². The molecule has 1 amide bonds. The Bertz CT molecular complexity index is 437. The van der Waals surface area contributed by atoms with Gasteiger partial charge in [-0.25, -0.2) is 8.78 Å². The number of carbonyl (C=O) groups excluding carboxylic acids is 1. The number of benzene rings is 1. The van der Waals surface area contributed by atoms with Gasteiger partial charge in [0.05, 0.1) is 12.2 Å². The van der Waals surface area contributed by atoms with E-state index in [1.165, 1.54) is 7.11 Å². The number of hydrogen-bond acceptors (Lipinski definition) is 3. The van der Waals surface area contributed by atoms with Crippen molar-refractivity contribution in [2.45, 2.75) is 6.10 Å². The van der Waals surface area contributed by atoms with Crippen LogP contribution in [-0.2, 0) is 9.53 Å². The zero-order valence-corrected chi connectivity index (χ0v) is 8.51. The van der Waals surface area contributed by atoms with Crippen LogP contribution in [0.25, 0.3) is 0 Å². The molecule has 1 atom stereocenters. The summed E-state index contributed by atoms with van der Waals surface area (Å²) in [7, 11) is 1.37. The molecule has 0 bridgehead atoms. The number of hydrogen-bond donors (Lipinski definition) is 2.